The van der Waals surface area contributed by atoms with Gasteiger partial charge in [-0.25, -0.2) is 4.68 Å². The Morgan fingerprint density at radius 1 is 1.14 bits per heavy atom. The third-order valence-corrected chi connectivity index (χ3v) is 2.23. The zero-order chi connectivity index (χ0) is 10.1. The summed E-state index contributed by atoms with van der Waals surface area (Å²) in [6.07, 6.45) is 1.93. The van der Waals surface area contributed by atoms with Gasteiger partial charge in [-0.05, 0) is 26.0 Å². The topological polar surface area (TPSA) is 43.8 Å². The Kier molecular flexibility index (Phi) is 2.00. The molecule has 1 aromatic heterocycles. The van der Waals surface area contributed by atoms with Crippen LogP contribution in [0.1, 0.15) is 11.1 Å². The number of aromatic nitrogens is 2. The van der Waals surface area contributed by atoms with Gasteiger partial charge in [0.05, 0.1) is 5.69 Å². The van der Waals surface area contributed by atoms with E-state index < -0.39 is 0 Å². The Balaban J connectivity index is 2.44. The monoisotopic (exact) mass is 187 g/mol. The first-order valence-corrected chi connectivity index (χ1v) is 4.55. The smallest absolute Gasteiger partial charge is 0.148 e. The second kappa shape index (κ2) is 3.18. The summed E-state index contributed by atoms with van der Waals surface area (Å²) in [6.45, 7) is 4.01. The standard InChI is InChI=1S/C11H13N3/c1-8-3-5-10(6-4-8)14-7-9(2)11(12)13-14/h3-7H,1-2H3,(H2,12,13). The molecule has 1 heterocycles. The average molecular weight is 187 g/mol. The largest absolute Gasteiger partial charge is 0.382 e. The lowest BCUT2D eigenvalue weighted by Gasteiger charge is -2.00. The van der Waals surface area contributed by atoms with Crippen molar-refractivity contribution < 1.29 is 0 Å². The minimum absolute atomic E-state index is 0.588. The Morgan fingerprint density at radius 3 is 2.29 bits per heavy atom. The summed E-state index contributed by atoms with van der Waals surface area (Å²) in [7, 11) is 0. The number of aryl methyl sites for hydroxylation is 2. The van der Waals surface area contributed by atoms with Crippen molar-refractivity contribution in [3.63, 3.8) is 0 Å². The van der Waals surface area contributed by atoms with Gasteiger partial charge in [0.1, 0.15) is 5.82 Å². The highest BCUT2D eigenvalue weighted by Crippen LogP contribution is 2.13. The number of nitrogen functional groups attached to an aromatic ring is 1. The number of nitrogens with two attached hydrogens (primary N) is 1. The van der Waals surface area contributed by atoms with Gasteiger partial charge in [-0.1, -0.05) is 17.7 Å². The highest BCUT2D eigenvalue weighted by atomic mass is 15.3. The van der Waals surface area contributed by atoms with Gasteiger partial charge in [0.25, 0.3) is 0 Å². The van der Waals surface area contributed by atoms with Gasteiger partial charge < -0.3 is 5.73 Å². The molecule has 0 amide bonds. The van der Waals surface area contributed by atoms with Crippen molar-refractivity contribution in [2.24, 2.45) is 0 Å². The molecule has 14 heavy (non-hydrogen) atoms. The number of hydrogen-bond acceptors (Lipinski definition) is 2. The lowest BCUT2D eigenvalue weighted by molar-refractivity contribution is 0.885. The minimum Gasteiger partial charge on any atom is -0.382 e. The first-order chi connectivity index (χ1) is 6.66. The lowest BCUT2D eigenvalue weighted by atomic mass is 10.2. The first kappa shape index (κ1) is 8.81. The van der Waals surface area contributed by atoms with Crippen molar-refractivity contribution >= 4 is 5.82 Å². The van der Waals surface area contributed by atoms with E-state index in [2.05, 4.69) is 24.2 Å². The van der Waals surface area contributed by atoms with Crippen LogP contribution in [-0.4, -0.2) is 9.78 Å². The van der Waals surface area contributed by atoms with Gasteiger partial charge in [0.15, 0.2) is 0 Å². The van der Waals surface area contributed by atoms with Crippen LogP contribution < -0.4 is 5.73 Å². The lowest BCUT2D eigenvalue weighted by Crippen LogP contribution is -1.95. The molecule has 0 bridgehead atoms. The van der Waals surface area contributed by atoms with Gasteiger partial charge in [-0.2, -0.15) is 5.10 Å². The fourth-order valence-corrected chi connectivity index (χ4v) is 1.30. The molecular weight excluding hydrogens is 174 g/mol. The van der Waals surface area contributed by atoms with Crippen LogP contribution in [-0.2, 0) is 0 Å². The molecule has 2 N–H and O–H groups in total. The van der Waals surface area contributed by atoms with Crippen molar-refractivity contribution in [2.45, 2.75) is 13.8 Å². The van der Waals surface area contributed by atoms with E-state index in [1.165, 1.54) is 5.56 Å². The van der Waals surface area contributed by atoms with E-state index in [1.54, 1.807) is 4.68 Å². The van der Waals surface area contributed by atoms with Crippen LogP contribution >= 0.6 is 0 Å². The number of anilines is 1. The van der Waals surface area contributed by atoms with Gasteiger partial charge in [0, 0.05) is 11.8 Å². The maximum Gasteiger partial charge on any atom is 0.148 e. The molecule has 3 nitrogen and oxygen atoms in total. The molecule has 0 radical (unpaired) electrons. The molecule has 0 aliphatic rings. The van der Waals surface area contributed by atoms with Gasteiger partial charge in [-0.3, -0.25) is 0 Å². The fourth-order valence-electron chi connectivity index (χ4n) is 1.30. The van der Waals surface area contributed by atoms with Crippen molar-refractivity contribution in [1.82, 2.24) is 9.78 Å². The summed E-state index contributed by atoms with van der Waals surface area (Å²) in [6, 6.07) is 8.17. The molecule has 2 aromatic rings. The van der Waals surface area contributed by atoms with Gasteiger partial charge >= 0.3 is 0 Å². The zero-order valence-corrected chi connectivity index (χ0v) is 8.36. The number of benzene rings is 1. The minimum atomic E-state index is 0.588. The zero-order valence-electron chi connectivity index (χ0n) is 8.36. The predicted octanol–water partition coefficient (Wildman–Crippen LogP) is 2.07. The van der Waals surface area contributed by atoms with Crippen LogP contribution in [0.15, 0.2) is 30.5 Å². The summed E-state index contributed by atoms with van der Waals surface area (Å²) in [5, 5.41) is 4.20. The van der Waals surface area contributed by atoms with Crippen molar-refractivity contribution in [2.75, 3.05) is 5.73 Å². The molecule has 0 atom stereocenters. The molecular formula is C11H13N3. The van der Waals surface area contributed by atoms with E-state index in [0.717, 1.165) is 11.3 Å². The summed E-state index contributed by atoms with van der Waals surface area (Å²) in [5.74, 6) is 0.588. The Bertz CT molecular complexity index is 421. The van der Waals surface area contributed by atoms with Gasteiger partial charge in [-0.15, -0.1) is 0 Å². The van der Waals surface area contributed by atoms with Crippen LogP contribution in [0.4, 0.5) is 5.82 Å². The fraction of sp³-hybridized carbons (Fsp3) is 0.182. The molecule has 1 aromatic carbocycles. The number of rotatable bonds is 1. The third kappa shape index (κ3) is 1.48. The van der Waals surface area contributed by atoms with Gasteiger partial charge in [0.2, 0.25) is 0 Å². The van der Waals surface area contributed by atoms with Crippen molar-refractivity contribution in [1.29, 1.82) is 0 Å². The normalized spacial score (nSPS) is 10.4. The molecule has 0 unspecified atom stereocenters. The summed E-state index contributed by atoms with van der Waals surface area (Å²) in [5.41, 5.74) is 8.96. The molecule has 3 heteroatoms. The molecule has 0 saturated carbocycles. The summed E-state index contributed by atoms with van der Waals surface area (Å²) >= 11 is 0. The molecule has 0 aliphatic heterocycles. The van der Waals surface area contributed by atoms with Crippen LogP contribution in [0.2, 0.25) is 0 Å². The van der Waals surface area contributed by atoms with E-state index in [4.69, 9.17) is 5.73 Å². The second-order valence-corrected chi connectivity index (χ2v) is 3.48. The highest BCUT2D eigenvalue weighted by Gasteiger charge is 2.01. The maximum atomic E-state index is 5.68. The molecule has 72 valence electrons. The van der Waals surface area contributed by atoms with E-state index in [9.17, 15) is 0 Å². The number of nitrogens with zero attached hydrogens (tertiary/aromatic N) is 2. The molecule has 0 saturated heterocycles. The summed E-state index contributed by atoms with van der Waals surface area (Å²) < 4.78 is 1.80. The molecule has 0 spiro atoms. The molecule has 0 fully saturated rings. The van der Waals surface area contributed by atoms with Crippen LogP contribution in [0.3, 0.4) is 0 Å². The van der Waals surface area contributed by atoms with Crippen LogP contribution in [0.25, 0.3) is 5.69 Å². The number of hydrogen-bond donors (Lipinski definition) is 1. The summed E-state index contributed by atoms with van der Waals surface area (Å²) in [4.78, 5) is 0. The van der Waals surface area contributed by atoms with E-state index >= 15 is 0 Å². The molecule has 2 rings (SSSR count). The van der Waals surface area contributed by atoms with Crippen LogP contribution in [0, 0.1) is 13.8 Å². The maximum absolute atomic E-state index is 5.68. The van der Waals surface area contributed by atoms with Crippen LogP contribution in [0.5, 0.6) is 0 Å². The third-order valence-electron chi connectivity index (χ3n) is 2.23. The van der Waals surface area contributed by atoms with Crippen molar-refractivity contribution in [3.05, 3.63) is 41.6 Å². The van der Waals surface area contributed by atoms with E-state index in [1.807, 2.05) is 25.3 Å². The SMILES string of the molecule is Cc1ccc(-n2cc(C)c(N)n2)cc1. The average Bonchev–Trinajstić information content (AvgIpc) is 2.48. The Labute approximate surface area is 83.2 Å². The second-order valence-electron chi connectivity index (χ2n) is 3.48. The Morgan fingerprint density at radius 2 is 1.79 bits per heavy atom. The Hall–Kier alpha value is -1.77. The predicted molar refractivity (Wildman–Crippen MR) is 57.5 cm³/mol. The van der Waals surface area contributed by atoms with Crippen molar-refractivity contribution in [3.8, 4) is 5.69 Å². The molecule has 0 aliphatic carbocycles. The quantitative estimate of drug-likeness (QED) is 0.742. The first-order valence-electron chi connectivity index (χ1n) is 4.55. The highest BCUT2D eigenvalue weighted by molar-refractivity contribution is 5.41. The van der Waals surface area contributed by atoms with E-state index in [-0.39, 0.29) is 0 Å². The van der Waals surface area contributed by atoms with E-state index in [0.29, 0.717) is 5.82 Å².